The Hall–Kier alpha value is -1.10. The SMILES string of the molecule is CCC(CC)(CC(=O)N1CCOC(C)C1)C(=O)O. The van der Waals surface area contributed by atoms with E-state index in [1.165, 1.54) is 0 Å². The van der Waals surface area contributed by atoms with Crippen molar-refractivity contribution >= 4 is 11.9 Å². The molecule has 0 spiro atoms. The van der Waals surface area contributed by atoms with Crippen LogP contribution in [0.2, 0.25) is 0 Å². The average Bonchev–Trinajstić information content (AvgIpc) is 2.35. The summed E-state index contributed by atoms with van der Waals surface area (Å²) in [5, 5.41) is 9.33. The number of carboxylic acids is 1. The Morgan fingerprint density at radius 2 is 2.00 bits per heavy atom. The minimum Gasteiger partial charge on any atom is -0.481 e. The Kier molecular flexibility index (Phi) is 5.14. The van der Waals surface area contributed by atoms with Gasteiger partial charge in [0, 0.05) is 19.5 Å². The first kappa shape index (κ1) is 15.0. The highest BCUT2D eigenvalue weighted by molar-refractivity contribution is 5.85. The van der Waals surface area contributed by atoms with Gasteiger partial charge in [-0.3, -0.25) is 9.59 Å². The second-order valence-electron chi connectivity index (χ2n) is 4.99. The number of nitrogens with zero attached hydrogens (tertiary/aromatic N) is 1. The molecular weight excluding hydrogens is 234 g/mol. The standard InChI is InChI=1S/C13H23NO4/c1-4-13(5-2,12(16)17)8-11(15)14-6-7-18-10(3)9-14/h10H,4-9H2,1-3H3,(H,16,17). The Bertz CT molecular complexity index is 312. The van der Waals surface area contributed by atoms with Gasteiger partial charge in [-0.05, 0) is 19.8 Å². The molecule has 0 bridgehead atoms. The van der Waals surface area contributed by atoms with Crippen LogP contribution in [0.4, 0.5) is 0 Å². The summed E-state index contributed by atoms with van der Waals surface area (Å²) in [6.07, 6.45) is 1.07. The van der Waals surface area contributed by atoms with Crippen LogP contribution < -0.4 is 0 Å². The summed E-state index contributed by atoms with van der Waals surface area (Å²) < 4.78 is 5.38. The number of amides is 1. The van der Waals surface area contributed by atoms with Gasteiger partial charge in [0.15, 0.2) is 0 Å². The molecule has 1 unspecified atom stereocenters. The minimum atomic E-state index is -0.918. The summed E-state index contributed by atoms with van der Waals surface area (Å²) >= 11 is 0. The van der Waals surface area contributed by atoms with Gasteiger partial charge in [0.2, 0.25) is 5.91 Å². The van der Waals surface area contributed by atoms with E-state index in [0.717, 1.165) is 0 Å². The van der Waals surface area contributed by atoms with Crippen LogP contribution in [0.5, 0.6) is 0 Å². The van der Waals surface area contributed by atoms with Gasteiger partial charge in [0.1, 0.15) is 0 Å². The molecule has 104 valence electrons. The second-order valence-corrected chi connectivity index (χ2v) is 4.99. The fraction of sp³-hybridized carbons (Fsp3) is 0.846. The molecule has 0 aromatic rings. The van der Waals surface area contributed by atoms with Gasteiger partial charge < -0.3 is 14.7 Å². The summed E-state index contributed by atoms with van der Waals surface area (Å²) in [5.74, 6) is -0.946. The first-order chi connectivity index (χ1) is 8.45. The van der Waals surface area contributed by atoms with Crippen molar-refractivity contribution in [3.8, 4) is 0 Å². The molecule has 1 N–H and O–H groups in total. The number of carbonyl (C=O) groups is 2. The van der Waals surface area contributed by atoms with E-state index in [1.54, 1.807) is 4.90 Å². The summed E-state index contributed by atoms with van der Waals surface area (Å²) in [7, 11) is 0. The first-order valence-corrected chi connectivity index (χ1v) is 6.58. The molecule has 5 heteroatoms. The van der Waals surface area contributed by atoms with Crippen LogP contribution in [0.15, 0.2) is 0 Å². The van der Waals surface area contributed by atoms with Crippen LogP contribution in [0, 0.1) is 5.41 Å². The van der Waals surface area contributed by atoms with E-state index in [4.69, 9.17) is 4.74 Å². The molecule has 1 fully saturated rings. The fourth-order valence-electron chi connectivity index (χ4n) is 2.32. The quantitative estimate of drug-likeness (QED) is 0.810. The van der Waals surface area contributed by atoms with E-state index in [0.29, 0.717) is 32.5 Å². The molecule has 1 atom stereocenters. The van der Waals surface area contributed by atoms with Gasteiger partial charge >= 0.3 is 5.97 Å². The van der Waals surface area contributed by atoms with Crippen molar-refractivity contribution in [1.82, 2.24) is 4.90 Å². The van der Waals surface area contributed by atoms with E-state index >= 15 is 0 Å². The van der Waals surface area contributed by atoms with Crippen molar-refractivity contribution in [2.24, 2.45) is 5.41 Å². The van der Waals surface area contributed by atoms with Gasteiger partial charge in [0.05, 0.1) is 18.1 Å². The van der Waals surface area contributed by atoms with Crippen LogP contribution in [0.3, 0.4) is 0 Å². The van der Waals surface area contributed by atoms with Crippen molar-refractivity contribution in [3.63, 3.8) is 0 Å². The van der Waals surface area contributed by atoms with Gasteiger partial charge in [-0.2, -0.15) is 0 Å². The zero-order valence-electron chi connectivity index (χ0n) is 11.4. The van der Waals surface area contributed by atoms with E-state index < -0.39 is 11.4 Å². The summed E-state index contributed by atoms with van der Waals surface area (Å²) in [5.41, 5.74) is -0.918. The third kappa shape index (κ3) is 3.22. The van der Waals surface area contributed by atoms with Gasteiger partial charge in [-0.1, -0.05) is 13.8 Å². The van der Waals surface area contributed by atoms with Crippen molar-refractivity contribution in [2.45, 2.75) is 46.1 Å². The molecule has 0 radical (unpaired) electrons. The molecule has 5 nitrogen and oxygen atoms in total. The first-order valence-electron chi connectivity index (χ1n) is 6.58. The van der Waals surface area contributed by atoms with E-state index in [2.05, 4.69) is 0 Å². The number of carbonyl (C=O) groups excluding carboxylic acids is 1. The molecule has 1 saturated heterocycles. The Morgan fingerprint density at radius 1 is 1.39 bits per heavy atom. The van der Waals surface area contributed by atoms with Crippen LogP contribution >= 0.6 is 0 Å². The molecule has 18 heavy (non-hydrogen) atoms. The monoisotopic (exact) mass is 257 g/mol. The maximum absolute atomic E-state index is 12.2. The summed E-state index contributed by atoms with van der Waals surface area (Å²) in [6, 6.07) is 0. The predicted octanol–water partition coefficient (Wildman–Crippen LogP) is 1.51. The number of morpholine rings is 1. The molecule has 0 saturated carbocycles. The Morgan fingerprint density at radius 3 is 2.44 bits per heavy atom. The second kappa shape index (κ2) is 6.18. The van der Waals surface area contributed by atoms with Gasteiger partial charge in [-0.15, -0.1) is 0 Å². The van der Waals surface area contributed by atoms with Crippen LogP contribution in [0.25, 0.3) is 0 Å². The van der Waals surface area contributed by atoms with E-state index in [1.807, 2.05) is 20.8 Å². The average molecular weight is 257 g/mol. The lowest BCUT2D eigenvalue weighted by Crippen LogP contribution is -2.47. The normalized spacial score (nSPS) is 20.8. The topological polar surface area (TPSA) is 66.8 Å². The molecule has 1 aliphatic heterocycles. The van der Waals surface area contributed by atoms with Crippen molar-refractivity contribution in [2.75, 3.05) is 19.7 Å². The predicted molar refractivity (Wildman–Crippen MR) is 67.3 cm³/mol. The molecule has 0 aromatic carbocycles. The number of ether oxygens (including phenoxy) is 1. The molecule has 0 aliphatic carbocycles. The minimum absolute atomic E-state index is 0.0326. The van der Waals surface area contributed by atoms with Gasteiger partial charge in [-0.25, -0.2) is 0 Å². The zero-order chi connectivity index (χ0) is 13.8. The number of carboxylic acid groups (broad SMARTS) is 1. The maximum Gasteiger partial charge on any atom is 0.310 e. The van der Waals surface area contributed by atoms with Gasteiger partial charge in [0.25, 0.3) is 0 Å². The number of aliphatic carboxylic acids is 1. The Labute approximate surface area is 108 Å². The molecule has 1 rings (SSSR count). The Balaban J connectivity index is 2.69. The number of rotatable bonds is 5. The maximum atomic E-state index is 12.2. The van der Waals surface area contributed by atoms with Crippen LogP contribution in [-0.4, -0.2) is 47.7 Å². The summed E-state index contributed by atoms with van der Waals surface area (Å²) in [4.78, 5) is 25.3. The molecule has 1 amide bonds. The number of hydrogen-bond donors (Lipinski definition) is 1. The molecule has 1 heterocycles. The third-order valence-electron chi connectivity index (χ3n) is 3.89. The van der Waals surface area contributed by atoms with Crippen molar-refractivity contribution in [3.05, 3.63) is 0 Å². The highest BCUT2D eigenvalue weighted by Gasteiger charge is 2.38. The van der Waals surface area contributed by atoms with Crippen LogP contribution in [-0.2, 0) is 14.3 Å². The van der Waals surface area contributed by atoms with Crippen LogP contribution in [0.1, 0.15) is 40.0 Å². The van der Waals surface area contributed by atoms with Crippen molar-refractivity contribution < 1.29 is 19.4 Å². The highest BCUT2D eigenvalue weighted by atomic mass is 16.5. The van der Waals surface area contributed by atoms with E-state index in [9.17, 15) is 14.7 Å². The lowest BCUT2D eigenvalue weighted by Gasteiger charge is -2.34. The zero-order valence-corrected chi connectivity index (χ0v) is 11.4. The van der Waals surface area contributed by atoms with Crippen molar-refractivity contribution in [1.29, 1.82) is 0 Å². The number of hydrogen-bond acceptors (Lipinski definition) is 3. The third-order valence-corrected chi connectivity index (χ3v) is 3.89. The van der Waals surface area contributed by atoms with E-state index in [-0.39, 0.29) is 18.4 Å². The summed E-state index contributed by atoms with van der Waals surface area (Å²) in [6.45, 7) is 7.22. The highest BCUT2D eigenvalue weighted by Crippen LogP contribution is 2.32. The fourth-order valence-corrected chi connectivity index (χ4v) is 2.32. The lowest BCUT2D eigenvalue weighted by molar-refractivity contribution is -0.156. The largest absolute Gasteiger partial charge is 0.481 e. The molecule has 1 aliphatic rings. The molecular formula is C13H23NO4. The molecule has 0 aromatic heterocycles. The smallest absolute Gasteiger partial charge is 0.310 e. The lowest BCUT2D eigenvalue weighted by atomic mass is 9.79.